The van der Waals surface area contributed by atoms with E-state index in [2.05, 4.69) is 15.6 Å². The van der Waals surface area contributed by atoms with Crippen molar-refractivity contribution in [2.24, 2.45) is 0 Å². The highest BCUT2D eigenvalue weighted by Gasteiger charge is 2.01. The Balaban J connectivity index is 1.58. The zero-order valence-corrected chi connectivity index (χ0v) is 15.1. The van der Waals surface area contributed by atoms with Crippen LogP contribution in [0.1, 0.15) is 12.0 Å². The lowest BCUT2D eigenvalue weighted by molar-refractivity contribution is 0.398. The fourth-order valence-electron chi connectivity index (χ4n) is 1.92. The monoisotopic (exact) mass is 365 g/mol. The number of rotatable bonds is 8. The minimum absolute atomic E-state index is 0.137. The van der Waals surface area contributed by atoms with Crippen molar-refractivity contribution in [3.8, 4) is 5.88 Å². The number of anilines is 1. The molecule has 2 rings (SSSR count). The van der Waals surface area contributed by atoms with Crippen LogP contribution < -0.4 is 15.4 Å². The number of thioether (sulfide) groups is 1. The van der Waals surface area contributed by atoms with Gasteiger partial charge >= 0.3 is 0 Å². The van der Waals surface area contributed by atoms with E-state index < -0.39 is 0 Å². The van der Waals surface area contributed by atoms with Gasteiger partial charge in [-0.25, -0.2) is 9.37 Å². The average Bonchev–Trinajstić information content (AvgIpc) is 2.60. The summed E-state index contributed by atoms with van der Waals surface area (Å²) in [6.07, 6.45) is 2.61. The van der Waals surface area contributed by atoms with Gasteiger partial charge in [-0.05, 0) is 42.1 Å². The lowest BCUT2D eigenvalue weighted by Crippen LogP contribution is -2.29. The lowest BCUT2D eigenvalue weighted by Gasteiger charge is -2.10. The number of pyridine rings is 1. The molecule has 1 aromatic carbocycles. The fraction of sp³-hybridized carbons (Fsp3) is 0.294. The molecule has 0 unspecified atom stereocenters. The van der Waals surface area contributed by atoms with Gasteiger partial charge in [0, 0.05) is 18.4 Å². The summed E-state index contributed by atoms with van der Waals surface area (Å²) in [4.78, 5) is 4.10. The number of nitrogens with zero attached hydrogens (tertiary/aromatic N) is 1. The standard InChI is InChI=1S/C17H20FN3OS2/c1-22-16-8-7-14(11-20-16)21-17(23)19-9-4-10-24-12-13-5-2-3-6-15(13)18/h2-3,5-8,11H,4,9-10,12H2,1H3,(H2,19,21,23). The van der Waals surface area contributed by atoms with Crippen LogP contribution in [0, 0.1) is 5.82 Å². The average molecular weight is 365 g/mol. The first kappa shape index (κ1) is 18.5. The van der Waals surface area contributed by atoms with Gasteiger partial charge < -0.3 is 15.4 Å². The van der Waals surface area contributed by atoms with E-state index >= 15 is 0 Å². The highest BCUT2D eigenvalue weighted by atomic mass is 32.2. The molecule has 1 aromatic heterocycles. The summed E-state index contributed by atoms with van der Waals surface area (Å²) in [6, 6.07) is 10.5. The maximum atomic E-state index is 13.5. The second kappa shape index (κ2) is 10.1. The van der Waals surface area contributed by atoms with E-state index in [1.165, 1.54) is 6.07 Å². The van der Waals surface area contributed by atoms with Crippen LogP contribution >= 0.6 is 24.0 Å². The van der Waals surface area contributed by atoms with E-state index in [4.69, 9.17) is 17.0 Å². The molecule has 0 spiro atoms. The number of aromatic nitrogens is 1. The van der Waals surface area contributed by atoms with Gasteiger partial charge in [0.1, 0.15) is 5.82 Å². The Hall–Kier alpha value is -1.86. The molecule has 0 aliphatic heterocycles. The van der Waals surface area contributed by atoms with Crippen LogP contribution in [0.25, 0.3) is 0 Å². The molecule has 0 saturated carbocycles. The summed E-state index contributed by atoms with van der Waals surface area (Å²) in [5, 5.41) is 6.76. The van der Waals surface area contributed by atoms with E-state index in [0.29, 0.717) is 16.7 Å². The van der Waals surface area contributed by atoms with E-state index in [1.54, 1.807) is 37.2 Å². The van der Waals surface area contributed by atoms with Crippen LogP contribution in [0.3, 0.4) is 0 Å². The molecule has 0 aliphatic rings. The Labute approximate surface area is 151 Å². The van der Waals surface area contributed by atoms with Crippen LogP contribution in [-0.4, -0.2) is 29.5 Å². The van der Waals surface area contributed by atoms with Crippen molar-refractivity contribution >= 4 is 34.8 Å². The molecule has 0 bridgehead atoms. The normalized spacial score (nSPS) is 10.2. The van der Waals surface area contributed by atoms with Crippen molar-refractivity contribution in [1.82, 2.24) is 10.3 Å². The van der Waals surface area contributed by atoms with Crippen molar-refractivity contribution in [2.75, 3.05) is 24.7 Å². The van der Waals surface area contributed by atoms with Gasteiger partial charge in [0.25, 0.3) is 0 Å². The molecular formula is C17H20FN3OS2. The van der Waals surface area contributed by atoms with E-state index in [9.17, 15) is 4.39 Å². The Morgan fingerprint density at radius 3 is 2.83 bits per heavy atom. The zero-order valence-electron chi connectivity index (χ0n) is 13.4. The van der Waals surface area contributed by atoms with Crippen LogP contribution in [0.15, 0.2) is 42.6 Å². The number of halogens is 1. The van der Waals surface area contributed by atoms with Gasteiger partial charge in [0.2, 0.25) is 5.88 Å². The third kappa shape index (κ3) is 6.33. The molecule has 4 nitrogen and oxygen atoms in total. The summed E-state index contributed by atoms with van der Waals surface area (Å²) >= 11 is 6.94. The molecule has 7 heteroatoms. The molecule has 0 fully saturated rings. The third-order valence-electron chi connectivity index (χ3n) is 3.17. The van der Waals surface area contributed by atoms with Crippen LogP contribution in [0.2, 0.25) is 0 Å². The smallest absolute Gasteiger partial charge is 0.213 e. The molecule has 0 aliphatic carbocycles. The Morgan fingerprint density at radius 1 is 1.29 bits per heavy atom. The van der Waals surface area contributed by atoms with E-state index in [0.717, 1.165) is 30.0 Å². The maximum Gasteiger partial charge on any atom is 0.213 e. The number of thiocarbonyl (C=S) groups is 1. The van der Waals surface area contributed by atoms with Crippen LogP contribution in [0.4, 0.5) is 10.1 Å². The van der Waals surface area contributed by atoms with Crippen molar-refractivity contribution in [3.05, 3.63) is 54.0 Å². The van der Waals surface area contributed by atoms with Crippen molar-refractivity contribution in [1.29, 1.82) is 0 Å². The molecule has 0 atom stereocenters. The molecule has 2 aromatic rings. The number of hydrogen-bond acceptors (Lipinski definition) is 4. The summed E-state index contributed by atoms with van der Waals surface area (Å²) in [7, 11) is 1.58. The molecule has 24 heavy (non-hydrogen) atoms. The predicted octanol–water partition coefficient (Wildman–Crippen LogP) is 3.84. The van der Waals surface area contributed by atoms with Crippen LogP contribution in [0.5, 0.6) is 5.88 Å². The topological polar surface area (TPSA) is 46.2 Å². The van der Waals surface area contributed by atoms with E-state index in [-0.39, 0.29) is 5.82 Å². The largest absolute Gasteiger partial charge is 0.481 e. The van der Waals surface area contributed by atoms with Gasteiger partial charge in [0.05, 0.1) is 19.0 Å². The quantitative estimate of drug-likeness (QED) is 0.547. The molecule has 0 amide bonds. The fourth-order valence-corrected chi connectivity index (χ4v) is 3.09. The molecule has 1 heterocycles. The van der Waals surface area contributed by atoms with Gasteiger partial charge in [-0.2, -0.15) is 11.8 Å². The molecule has 0 radical (unpaired) electrons. The third-order valence-corrected chi connectivity index (χ3v) is 4.51. The minimum atomic E-state index is -0.137. The minimum Gasteiger partial charge on any atom is -0.481 e. The zero-order chi connectivity index (χ0) is 17.2. The van der Waals surface area contributed by atoms with Gasteiger partial charge in [-0.3, -0.25) is 0 Å². The Kier molecular flexibility index (Phi) is 7.77. The van der Waals surface area contributed by atoms with Gasteiger partial charge in [0.15, 0.2) is 5.11 Å². The summed E-state index contributed by atoms with van der Waals surface area (Å²) in [5.41, 5.74) is 1.56. The lowest BCUT2D eigenvalue weighted by atomic mass is 10.2. The summed E-state index contributed by atoms with van der Waals surface area (Å²) in [6.45, 7) is 0.764. The molecule has 2 N–H and O–H groups in total. The van der Waals surface area contributed by atoms with Crippen molar-refractivity contribution in [3.63, 3.8) is 0 Å². The SMILES string of the molecule is COc1ccc(NC(=S)NCCCSCc2ccccc2F)cn1. The first-order valence-corrected chi connectivity index (χ1v) is 9.11. The highest BCUT2D eigenvalue weighted by molar-refractivity contribution is 7.98. The number of ether oxygens (including phenoxy) is 1. The van der Waals surface area contributed by atoms with E-state index in [1.807, 2.05) is 18.2 Å². The number of benzene rings is 1. The molecular weight excluding hydrogens is 345 g/mol. The summed E-state index contributed by atoms with van der Waals surface area (Å²) < 4.78 is 18.5. The predicted molar refractivity (Wildman–Crippen MR) is 102 cm³/mol. The number of methoxy groups -OCH3 is 1. The number of hydrogen-bond donors (Lipinski definition) is 2. The Morgan fingerprint density at radius 2 is 2.12 bits per heavy atom. The second-order valence-electron chi connectivity index (χ2n) is 4.97. The second-order valence-corrected chi connectivity index (χ2v) is 6.48. The molecule has 0 saturated heterocycles. The first-order chi connectivity index (χ1) is 11.7. The van der Waals surface area contributed by atoms with Gasteiger partial charge in [-0.1, -0.05) is 18.2 Å². The first-order valence-electron chi connectivity index (χ1n) is 7.55. The summed E-state index contributed by atoms with van der Waals surface area (Å²) in [5.74, 6) is 2.05. The van der Waals surface area contributed by atoms with Crippen LogP contribution in [-0.2, 0) is 5.75 Å². The number of nitrogens with one attached hydrogen (secondary N) is 2. The van der Waals surface area contributed by atoms with Gasteiger partial charge in [-0.15, -0.1) is 0 Å². The van der Waals surface area contributed by atoms with Crippen molar-refractivity contribution in [2.45, 2.75) is 12.2 Å². The van der Waals surface area contributed by atoms with Crippen molar-refractivity contribution < 1.29 is 9.13 Å². The maximum absolute atomic E-state index is 13.5. The molecule has 128 valence electrons. The Bertz CT molecular complexity index is 653. The highest BCUT2D eigenvalue weighted by Crippen LogP contribution is 2.15.